The lowest BCUT2D eigenvalue weighted by Gasteiger charge is -2.11. The average Bonchev–Trinajstić information content (AvgIpc) is 2.77. The molecule has 2 heterocycles. The van der Waals surface area contributed by atoms with Gasteiger partial charge in [-0.2, -0.15) is 0 Å². The maximum atomic E-state index is 5.29. The molecule has 0 fully saturated rings. The smallest absolute Gasteiger partial charge is 0.230 e. The fourth-order valence-electron chi connectivity index (χ4n) is 1.28. The quantitative estimate of drug-likeness (QED) is 0.787. The second kappa shape index (κ2) is 4.50. The van der Waals surface area contributed by atoms with E-state index >= 15 is 0 Å². The molecule has 2 aromatic rings. The Bertz CT molecular complexity index is 411. The Balaban J connectivity index is 1.90. The zero-order chi connectivity index (χ0) is 10.7. The van der Waals surface area contributed by atoms with Crippen LogP contribution in [0.1, 0.15) is 17.5 Å². The molecule has 2 rings (SSSR count). The molecule has 0 unspecified atom stereocenters. The van der Waals surface area contributed by atoms with Crippen LogP contribution in [0.3, 0.4) is 0 Å². The van der Waals surface area contributed by atoms with E-state index in [1.54, 1.807) is 18.3 Å². The normalized spacial score (nSPS) is 11.1. The highest BCUT2D eigenvalue weighted by Crippen LogP contribution is 2.07. The molecule has 0 atom stereocenters. The van der Waals surface area contributed by atoms with Gasteiger partial charge >= 0.3 is 0 Å². The van der Waals surface area contributed by atoms with Crippen LogP contribution in [-0.2, 0) is 13.1 Å². The summed E-state index contributed by atoms with van der Waals surface area (Å²) in [5, 5.41) is 9.76. The highest BCUT2D eigenvalue weighted by atomic mass is 32.1. The van der Waals surface area contributed by atoms with Crippen LogP contribution in [0.25, 0.3) is 0 Å². The molecule has 15 heavy (non-hydrogen) atoms. The zero-order valence-electron chi connectivity index (χ0n) is 8.67. The maximum absolute atomic E-state index is 5.29. The van der Waals surface area contributed by atoms with Crippen LogP contribution in [0.4, 0.5) is 0 Å². The van der Waals surface area contributed by atoms with Crippen molar-refractivity contribution in [2.75, 3.05) is 7.05 Å². The van der Waals surface area contributed by atoms with E-state index in [0.717, 1.165) is 12.2 Å². The first kappa shape index (κ1) is 10.3. The van der Waals surface area contributed by atoms with Crippen LogP contribution >= 0.6 is 11.3 Å². The molecule has 0 N–H and O–H groups in total. The predicted octanol–water partition coefficient (Wildman–Crippen LogP) is 1.47. The van der Waals surface area contributed by atoms with Crippen molar-refractivity contribution in [1.29, 1.82) is 0 Å². The van der Waals surface area contributed by atoms with Gasteiger partial charge in [0.15, 0.2) is 0 Å². The zero-order valence-corrected chi connectivity index (χ0v) is 9.49. The second-order valence-corrected chi connectivity index (χ2v) is 4.09. The fraction of sp³-hybridized carbons (Fsp3) is 0.444. The van der Waals surface area contributed by atoms with Gasteiger partial charge in [-0.05, 0) is 7.05 Å². The van der Waals surface area contributed by atoms with Crippen LogP contribution in [0.15, 0.2) is 15.3 Å². The molecule has 0 amide bonds. The summed E-state index contributed by atoms with van der Waals surface area (Å²) in [5.74, 6) is 1.25. The standard InChI is InChI=1S/C9H12N4OS/c1-7-11-12-9(14-7)4-13(2)3-8-5-15-6-10-8/h5-6H,3-4H2,1-2H3. The summed E-state index contributed by atoms with van der Waals surface area (Å²) in [6, 6.07) is 0. The number of thiazole rings is 1. The van der Waals surface area contributed by atoms with E-state index in [-0.39, 0.29) is 0 Å². The molecule has 2 aromatic heterocycles. The highest BCUT2D eigenvalue weighted by molar-refractivity contribution is 7.07. The molecule has 0 aliphatic carbocycles. The number of hydrogen-bond acceptors (Lipinski definition) is 6. The third-order valence-electron chi connectivity index (χ3n) is 1.89. The van der Waals surface area contributed by atoms with Gasteiger partial charge < -0.3 is 4.42 Å². The molecule has 0 radical (unpaired) electrons. The van der Waals surface area contributed by atoms with Crippen molar-refractivity contribution in [2.24, 2.45) is 0 Å². The Labute approximate surface area is 91.8 Å². The minimum atomic E-state index is 0.604. The molecule has 0 aliphatic rings. The van der Waals surface area contributed by atoms with E-state index in [1.807, 2.05) is 17.9 Å². The first-order valence-corrected chi connectivity index (χ1v) is 5.53. The summed E-state index contributed by atoms with van der Waals surface area (Å²) < 4.78 is 5.29. The van der Waals surface area contributed by atoms with Crippen LogP contribution in [-0.4, -0.2) is 27.1 Å². The van der Waals surface area contributed by atoms with Crippen molar-refractivity contribution in [3.63, 3.8) is 0 Å². The highest BCUT2D eigenvalue weighted by Gasteiger charge is 2.07. The topological polar surface area (TPSA) is 55.1 Å². The fourth-order valence-corrected chi connectivity index (χ4v) is 1.83. The lowest BCUT2D eigenvalue weighted by atomic mass is 10.4. The van der Waals surface area contributed by atoms with Crippen LogP contribution in [0.2, 0.25) is 0 Å². The molecule has 5 nitrogen and oxygen atoms in total. The van der Waals surface area contributed by atoms with Gasteiger partial charge in [-0.1, -0.05) is 0 Å². The average molecular weight is 224 g/mol. The minimum Gasteiger partial charge on any atom is -0.424 e. The molecule has 0 aliphatic heterocycles. The van der Waals surface area contributed by atoms with Crippen LogP contribution in [0, 0.1) is 6.92 Å². The van der Waals surface area contributed by atoms with E-state index in [1.165, 1.54) is 0 Å². The van der Waals surface area contributed by atoms with Crippen molar-refractivity contribution in [3.8, 4) is 0 Å². The van der Waals surface area contributed by atoms with Crippen molar-refractivity contribution >= 4 is 11.3 Å². The molecule has 0 bridgehead atoms. The van der Waals surface area contributed by atoms with Crippen LogP contribution < -0.4 is 0 Å². The lowest BCUT2D eigenvalue weighted by Crippen LogP contribution is -2.17. The number of hydrogen-bond donors (Lipinski definition) is 0. The molecule has 0 saturated carbocycles. The van der Waals surface area contributed by atoms with Gasteiger partial charge in [-0.15, -0.1) is 21.5 Å². The minimum absolute atomic E-state index is 0.604. The molecule has 80 valence electrons. The Morgan fingerprint density at radius 2 is 2.27 bits per heavy atom. The van der Waals surface area contributed by atoms with Gasteiger partial charge in [0.05, 0.1) is 17.7 Å². The van der Waals surface area contributed by atoms with Crippen molar-refractivity contribution in [1.82, 2.24) is 20.1 Å². The van der Waals surface area contributed by atoms with Gasteiger partial charge in [0, 0.05) is 18.8 Å². The summed E-state index contributed by atoms with van der Waals surface area (Å²) in [7, 11) is 2.00. The number of aromatic nitrogens is 3. The number of nitrogens with zero attached hydrogens (tertiary/aromatic N) is 4. The largest absolute Gasteiger partial charge is 0.424 e. The number of rotatable bonds is 4. The third kappa shape index (κ3) is 2.84. The maximum Gasteiger partial charge on any atom is 0.230 e. The molecular weight excluding hydrogens is 212 g/mol. The number of aryl methyl sites for hydroxylation is 1. The summed E-state index contributed by atoms with van der Waals surface area (Å²) in [5.41, 5.74) is 2.90. The Morgan fingerprint density at radius 3 is 2.87 bits per heavy atom. The van der Waals surface area contributed by atoms with E-state index in [9.17, 15) is 0 Å². The van der Waals surface area contributed by atoms with Gasteiger partial charge in [0.25, 0.3) is 0 Å². The SMILES string of the molecule is Cc1nnc(CN(C)Cc2cscn2)o1. The van der Waals surface area contributed by atoms with Gasteiger partial charge in [0.1, 0.15) is 0 Å². The summed E-state index contributed by atoms with van der Waals surface area (Å²) >= 11 is 1.60. The summed E-state index contributed by atoms with van der Waals surface area (Å²) in [6.45, 7) is 3.24. The molecule has 6 heteroatoms. The van der Waals surface area contributed by atoms with Gasteiger partial charge in [0.2, 0.25) is 11.8 Å². The second-order valence-electron chi connectivity index (χ2n) is 3.37. The van der Waals surface area contributed by atoms with Gasteiger partial charge in [-0.25, -0.2) is 4.98 Å². The first-order valence-electron chi connectivity index (χ1n) is 4.58. The summed E-state index contributed by atoms with van der Waals surface area (Å²) in [6.07, 6.45) is 0. The van der Waals surface area contributed by atoms with Crippen LogP contribution in [0.5, 0.6) is 0 Å². The predicted molar refractivity (Wildman–Crippen MR) is 56.3 cm³/mol. The van der Waals surface area contributed by atoms with E-state index < -0.39 is 0 Å². The Kier molecular flexibility index (Phi) is 3.08. The van der Waals surface area contributed by atoms with Gasteiger partial charge in [-0.3, -0.25) is 4.90 Å². The molecule has 0 spiro atoms. The monoisotopic (exact) mass is 224 g/mol. The van der Waals surface area contributed by atoms with E-state index in [4.69, 9.17) is 4.42 Å². The third-order valence-corrected chi connectivity index (χ3v) is 2.52. The molecular formula is C9H12N4OS. The van der Waals surface area contributed by atoms with Crippen molar-refractivity contribution in [3.05, 3.63) is 28.4 Å². The molecule has 0 saturated heterocycles. The van der Waals surface area contributed by atoms with Crippen molar-refractivity contribution in [2.45, 2.75) is 20.0 Å². The lowest BCUT2D eigenvalue weighted by molar-refractivity contribution is 0.276. The summed E-state index contributed by atoms with van der Waals surface area (Å²) in [4.78, 5) is 6.30. The van der Waals surface area contributed by atoms with E-state index in [2.05, 4.69) is 20.1 Å². The first-order chi connectivity index (χ1) is 7.24. The molecule has 0 aromatic carbocycles. The Morgan fingerprint density at radius 1 is 1.40 bits per heavy atom. The van der Waals surface area contributed by atoms with E-state index in [0.29, 0.717) is 18.3 Å². The Hall–Kier alpha value is -1.27. The van der Waals surface area contributed by atoms with Crippen molar-refractivity contribution < 1.29 is 4.42 Å².